The molecule has 2 aliphatic rings. The fourth-order valence-electron chi connectivity index (χ4n) is 4.15. The van der Waals surface area contributed by atoms with E-state index in [0.29, 0.717) is 18.4 Å². The quantitative estimate of drug-likeness (QED) is 0.852. The number of carbonyl (C=O) groups is 1. The Hall–Kier alpha value is -1.38. The van der Waals surface area contributed by atoms with E-state index in [9.17, 15) is 4.79 Å². The third kappa shape index (κ3) is 3.45. The Morgan fingerprint density at radius 2 is 2.10 bits per heavy atom. The van der Waals surface area contributed by atoms with E-state index in [-0.39, 0.29) is 0 Å². The van der Waals surface area contributed by atoms with Crippen molar-refractivity contribution >= 4 is 5.91 Å². The minimum absolute atomic E-state index is 0.357. The third-order valence-electron chi connectivity index (χ3n) is 5.28. The maximum atomic E-state index is 12.6. The predicted octanol–water partition coefficient (Wildman–Crippen LogP) is 3.44. The summed E-state index contributed by atoms with van der Waals surface area (Å²) in [5.41, 5.74) is 1.21. The molecule has 1 saturated heterocycles. The molecule has 3 rings (SSSR count). The van der Waals surface area contributed by atoms with Gasteiger partial charge in [-0.25, -0.2) is 0 Å². The van der Waals surface area contributed by atoms with Gasteiger partial charge in [-0.1, -0.05) is 6.92 Å². The molecule has 2 fully saturated rings. The van der Waals surface area contributed by atoms with Gasteiger partial charge in [-0.05, 0) is 68.1 Å². The number of nitrogens with zero attached hydrogens (tertiary/aromatic N) is 2. The molecule has 0 N–H and O–H groups in total. The fraction of sp³-hybridized carbons (Fsp3) is 0.667. The van der Waals surface area contributed by atoms with Crippen molar-refractivity contribution in [3.05, 3.63) is 30.1 Å². The van der Waals surface area contributed by atoms with Crippen molar-refractivity contribution in [2.24, 2.45) is 11.8 Å². The summed E-state index contributed by atoms with van der Waals surface area (Å²) in [6.45, 7) is 3.34. The molecule has 0 radical (unpaired) electrons. The molecular weight excluding hydrogens is 260 g/mol. The van der Waals surface area contributed by atoms with Crippen molar-refractivity contribution in [2.45, 2.75) is 57.9 Å². The zero-order chi connectivity index (χ0) is 14.7. The molecule has 3 atom stereocenters. The lowest BCUT2D eigenvalue weighted by molar-refractivity contribution is -0.137. The number of hydrogen-bond donors (Lipinski definition) is 0. The summed E-state index contributed by atoms with van der Waals surface area (Å²) in [4.78, 5) is 18.9. The summed E-state index contributed by atoms with van der Waals surface area (Å²) in [6, 6.07) is 4.54. The molecule has 1 aliphatic heterocycles. The van der Waals surface area contributed by atoms with Crippen molar-refractivity contribution in [3.8, 4) is 0 Å². The van der Waals surface area contributed by atoms with Crippen LogP contribution in [0.25, 0.3) is 0 Å². The molecule has 1 aromatic rings. The van der Waals surface area contributed by atoms with Gasteiger partial charge in [-0.2, -0.15) is 0 Å². The van der Waals surface area contributed by atoms with E-state index in [1.54, 1.807) is 12.4 Å². The van der Waals surface area contributed by atoms with E-state index >= 15 is 0 Å². The van der Waals surface area contributed by atoms with Crippen molar-refractivity contribution in [1.82, 2.24) is 9.88 Å². The Morgan fingerprint density at radius 1 is 1.29 bits per heavy atom. The molecule has 1 aromatic heterocycles. The summed E-state index contributed by atoms with van der Waals surface area (Å²) in [5, 5.41) is 0. The number of amides is 1. The van der Waals surface area contributed by atoms with Crippen LogP contribution in [0.15, 0.2) is 24.5 Å². The second-order valence-electron chi connectivity index (χ2n) is 6.83. The standard InChI is InChI=1S/C18H26N2O/c1-14-4-6-17-16(13-14)3-2-12-20(17)18(21)7-5-15-8-10-19-11-9-15/h8-11,14,16-17H,2-7,12-13H2,1H3/t14-,16-,17+/m1/s1. The average Bonchev–Trinajstić information content (AvgIpc) is 2.52. The predicted molar refractivity (Wildman–Crippen MR) is 83.8 cm³/mol. The Labute approximate surface area is 127 Å². The molecule has 114 valence electrons. The molecule has 3 heteroatoms. The van der Waals surface area contributed by atoms with Crippen LogP contribution in [0.2, 0.25) is 0 Å². The topological polar surface area (TPSA) is 33.2 Å². The number of hydrogen-bond acceptors (Lipinski definition) is 2. The number of piperidine rings is 1. The molecule has 0 unspecified atom stereocenters. The van der Waals surface area contributed by atoms with Crippen molar-refractivity contribution in [1.29, 1.82) is 0 Å². The molecule has 0 bridgehead atoms. The lowest BCUT2D eigenvalue weighted by Crippen LogP contribution is -2.50. The molecule has 1 aliphatic carbocycles. The fourth-order valence-corrected chi connectivity index (χ4v) is 4.15. The minimum atomic E-state index is 0.357. The Morgan fingerprint density at radius 3 is 2.90 bits per heavy atom. The van der Waals surface area contributed by atoms with Gasteiger partial charge in [0.05, 0.1) is 0 Å². The highest BCUT2D eigenvalue weighted by atomic mass is 16.2. The first-order valence-electron chi connectivity index (χ1n) is 8.42. The van der Waals surface area contributed by atoms with E-state index in [0.717, 1.165) is 24.8 Å². The second-order valence-corrected chi connectivity index (χ2v) is 6.83. The highest BCUT2D eigenvalue weighted by Crippen LogP contribution is 2.38. The SMILES string of the molecule is C[C@@H]1CC[C@H]2[C@H](CCCN2C(=O)CCc2ccncc2)C1. The summed E-state index contributed by atoms with van der Waals surface area (Å²) >= 11 is 0. The molecule has 2 heterocycles. The van der Waals surface area contributed by atoms with Gasteiger partial charge in [0, 0.05) is 31.4 Å². The molecule has 3 nitrogen and oxygen atoms in total. The Bertz CT molecular complexity index is 473. The Balaban J connectivity index is 1.58. The lowest BCUT2D eigenvalue weighted by atomic mass is 9.74. The van der Waals surface area contributed by atoms with Crippen LogP contribution in [-0.2, 0) is 11.2 Å². The van der Waals surface area contributed by atoms with Crippen LogP contribution in [0.4, 0.5) is 0 Å². The maximum absolute atomic E-state index is 12.6. The van der Waals surface area contributed by atoms with Crippen LogP contribution in [0, 0.1) is 11.8 Å². The van der Waals surface area contributed by atoms with Gasteiger partial charge in [0.2, 0.25) is 5.91 Å². The van der Waals surface area contributed by atoms with Crippen LogP contribution in [0.5, 0.6) is 0 Å². The van der Waals surface area contributed by atoms with Gasteiger partial charge in [0.1, 0.15) is 0 Å². The first-order chi connectivity index (χ1) is 10.2. The number of pyridine rings is 1. The van der Waals surface area contributed by atoms with Crippen LogP contribution in [-0.4, -0.2) is 28.4 Å². The van der Waals surface area contributed by atoms with Crippen LogP contribution in [0.3, 0.4) is 0 Å². The van der Waals surface area contributed by atoms with E-state index in [2.05, 4.69) is 16.8 Å². The van der Waals surface area contributed by atoms with Gasteiger partial charge >= 0.3 is 0 Å². The average molecular weight is 286 g/mol. The zero-order valence-corrected chi connectivity index (χ0v) is 13.0. The molecule has 0 spiro atoms. The largest absolute Gasteiger partial charge is 0.339 e. The maximum Gasteiger partial charge on any atom is 0.223 e. The number of carbonyl (C=O) groups excluding carboxylic acids is 1. The highest BCUT2D eigenvalue weighted by molar-refractivity contribution is 5.77. The first kappa shape index (κ1) is 14.6. The van der Waals surface area contributed by atoms with Gasteiger partial charge in [-0.3, -0.25) is 9.78 Å². The highest BCUT2D eigenvalue weighted by Gasteiger charge is 2.37. The second kappa shape index (κ2) is 6.59. The van der Waals surface area contributed by atoms with Crippen LogP contribution >= 0.6 is 0 Å². The van der Waals surface area contributed by atoms with Crippen LogP contribution in [0.1, 0.15) is 51.0 Å². The molecule has 1 amide bonds. The van der Waals surface area contributed by atoms with Gasteiger partial charge < -0.3 is 4.90 Å². The summed E-state index contributed by atoms with van der Waals surface area (Å²) in [5.74, 6) is 1.96. The van der Waals surface area contributed by atoms with E-state index in [1.165, 1.54) is 37.7 Å². The van der Waals surface area contributed by atoms with Gasteiger partial charge in [-0.15, -0.1) is 0 Å². The third-order valence-corrected chi connectivity index (χ3v) is 5.28. The number of likely N-dealkylation sites (tertiary alicyclic amines) is 1. The van der Waals surface area contributed by atoms with Crippen molar-refractivity contribution < 1.29 is 4.79 Å². The van der Waals surface area contributed by atoms with Crippen LogP contribution < -0.4 is 0 Å². The van der Waals surface area contributed by atoms with Gasteiger partial charge in [0.15, 0.2) is 0 Å². The normalized spacial score (nSPS) is 29.0. The molecular formula is C18H26N2O. The molecule has 21 heavy (non-hydrogen) atoms. The summed E-state index contributed by atoms with van der Waals surface area (Å²) in [7, 11) is 0. The first-order valence-corrected chi connectivity index (χ1v) is 8.42. The Kier molecular flexibility index (Phi) is 4.57. The summed E-state index contributed by atoms with van der Waals surface area (Å²) in [6.07, 6.45) is 11.4. The number of aromatic nitrogens is 1. The lowest BCUT2D eigenvalue weighted by Gasteiger charge is -2.45. The minimum Gasteiger partial charge on any atom is -0.339 e. The van der Waals surface area contributed by atoms with Crippen molar-refractivity contribution in [3.63, 3.8) is 0 Å². The van der Waals surface area contributed by atoms with Gasteiger partial charge in [0.25, 0.3) is 0 Å². The number of aryl methyl sites for hydroxylation is 1. The number of rotatable bonds is 3. The number of fused-ring (bicyclic) bond motifs is 1. The monoisotopic (exact) mass is 286 g/mol. The van der Waals surface area contributed by atoms with E-state index in [4.69, 9.17) is 0 Å². The molecule has 1 saturated carbocycles. The smallest absolute Gasteiger partial charge is 0.223 e. The van der Waals surface area contributed by atoms with Crippen molar-refractivity contribution in [2.75, 3.05) is 6.54 Å². The van der Waals surface area contributed by atoms with E-state index < -0.39 is 0 Å². The van der Waals surface area contributed by atoms with E-state index in [1.807, 2.05) is 12.1 Å². The summed E-state index contributed by atoms with van der Waals surface area (Å²) < 4.78 is 0. The molecule has 0 aromatic carbocycles. The zero-order valence-electron chi connectivity index (χ0n) is 13.0.